The van der Waals surface area contributed by atoms with Gasteiger partial charge in [0.2, 0.25) is 0 Å². The Morgan fingerprint density at radius 3 is 1.35 bits per heavy atom. The molecule has 0 amide bonds. The number of ether oxygens (including phenoxy) is 1. The van der Waals surface area contributed by atoms with E-state index in [2.05, 4.69) is 0 Å². The van der Waals surface area contributed by atoms with Gasteiger partial charge < -0.3 is 9.64 Å². The van der Waals surface area contributed by atoms with Crippen LogP contribution in [0.4, 0.5) is 17.1 Å². The fourth-order valence-electron chi connectivity index (χ4n) is 5.52. The summed E-state index contributed by atoms with van der Waals surface area (Å²) in [6, 6.07) is -39.6. The highest BCUT2D eigenvalue weighted by Crippen LogP contribution is 2.54. The summed E-state index contributed by atoms with van der Waals surface area (Å²) in [7, 11) is 0. The van der Waals surface area contributed by atoms with Crippen LogP contribution >= 0.6 is 0 Å². The van der Waals surface area contributed by atoms with Gasteiger partial charge in [-0.05, 0) is 116 Å². The van der Waals surface area contributed by atoms with Gasteiger partial charge in [0.15, 0.2) is 0 Å². The predicted molar refractivity (Wildman–Crippen MR) is 226 cm³/mol. The number of anilines is 3. The van der Waals surface area contributed by atoms with Gasteiger partial charge in [0.25, 0.3) is 0 Å². The van der Waals surface area contributed by atoms with Gasteiger partial charge in [-0.15, -0.1) is 0 Å². The summed E-state index contributed by atoms with van der Waals surface area (Å²) in [5.74, 6) is -2.29. The van der Waals surface area contributed by atoms with Crippen molar-refractivity contribution in [1.29, 1.82) is 0 Å². The number of benzene rings is 9. The normalized spacial score (nSPS) is 20.6. The second-order valence-electron chi connectivity index (χ2n) is 11.0. The van der Waals surface area contributed by atoms with Crippen molar-refractivity contribution < 1.29 is 52.7 Å². The summed E-state index contributed by atoms with van der Waals surface area (Å²) >= 11 is 0. The molecule has 0 unspecified atom stereocenters. The number of hydrogen-bond acceptors (Lipinski definition) is 2. The zero-order valence-electron chi connectivity index (χ0n) is 61.9. The maximum atomic E-state index is 10.1. The van der Waals surface area contributed by atoms with Gasteiger partial charge in [-0.1, -0.05) is 151 Å². The quantitative estimate of drug-likeness (QED) is 0.169. The van der Waals surface area contributed by atoms with Crippen molar-refractivity contribution >= 4 is 27.8 Å². The highest BCUT2D eigenvalue weighted by molar-refractivity contribution is 6.04. The first-order valence-corrected chi connectivity index (χ1v) is 15.6. The highest BCUT2D eigenvalue weighted by atomic mass is 16.5. The van der Waals surface area contributed by atoms with E-state index in [-0.39, 0.29) is 4.90 Å². The first kappa shape index (κ1) is 11.9. The monoisotopic (exact) mass is 724 g/mol. The molecule has 0 fully saturated rings. The largest absolute Gasteiger partial charge is 0.456 e. The highest BCUT2D eigenvalue weighted by Gasteiger charge is 2.27. The maximum Gasteiger partial charge on any atom is 0.137 e. The Bertz CT molecular complexity index is 4540. The van der Waals surface area contributed by atoms with Crippen LogP contribution in [-0.2, 0) is 0 Å². The number of rotatable bonds is 6. The molecule has 1 aliphatic heterocycles. The summed E-state index contributed by atoms with van der Waals surface area (Å²) in [5.41, 5.74) is -13.5. The molecule has 0 bridgehead atoms. The van der Waals surface area contributed by atoms with E-state index in [9.17, 15) is 21.9 Å². The topological polar surface area (TPSA) is 12.5 Å². The van der Waals surface area contributed by atoms with E-state index >= 15 is 0 Å². The lowest BCUT2D eigenvalue weighted by molar-refractivity contribution is 0.488. The summed E-state index contributed by atoms with van der Waals surface area (Å²) in [4.78, 5) is 0.256. The summed E-state index contributed by atoms with van der Waals surface area (Å²) in [6.45, 7) is 0. The molecule has 0 spiro atoms. The van der Waals surface area contributed by atoms with E-state index in [0.717, 1.165) is 0 Å². The predicted octanol–water partition coefficient (Wildman–Crippen LogP) is 14.8. The Labute approximate surface area is 365 Å². The second kappa shape index (κ2) is 13.4. The van der Waals surface area contributed by atoms with Crippen molar-refractivity contribution in [3.05, 3.63) is 211 Å². The molecule has 54 heavy (non-hydrogen) atoms. The third-order valence-corrected chi connectivity index (χ3v) is 7.88. The van der Waals surface area contributed by atoms with Gasteiger partial charge in [0.1, 0.15) is 11.5 Å². The van der Waals surface area contributed by atoms with Gasteiger partial charge in [0, 0.05) is 22.5 Å². The number of fused-ring (bicyclic) bond motifs is 6. The van der Waals surface area contributed by atoms with Crippen LogP contribution in [0.25, 0.3) is 66.4 Å². The van der Waals surface area contributed by atoms with Crippen molar-refractivity contribution in [3.8, 4) is 67.1 Å². The summed E-state index contributed by atoms with van der Waals surface area (Å²) < 4.78 is 324. The molecule has 10 rings (SSSR count). The summed E-state index contributed by atoms with van der Waals surface area (Å²) in [5, 5.41) is -1.65. The fraction of sp³-hybridized carbons (Fsp3) is 0. The lowest BCUT2D eigenvalue weighted by Gasteiger charge is -2.29. The van der Waals surface area contributed by atoms with E-state index < -0.39 is 306 Å². The minimum absolute atomic E-state index is 0.256. The van der Waals surface area contributed by atoms with Gasteiger partial charge in [-0.2, -0.15) is 0 Å². The van der Waals surface area contributed by atoms with Gasteiger partial charge in [0.05, 0.1) is 53.7 Å². The zero-order chi connectivity index (χ0) is 66.3. The molecule has 254 valence electrons. The Kier molecular flexibility index (Phi) is 2.97. The van der Waals surface area contributed by atoms with E-state index in [4.69, 9.17) is 30.8 Å². The standard InChI is InChI=1S/C52H35NO/c1-4-13-36(14-5-1)39-23-28-44(29-24-39)53(45-30-25-40(26-31-45)37-15-6-2-7-16-37)49-21-12-22-50-52(49)48-34-42-20-11-10-19-41(42)33-47(48)46-32-27-43(35-51(46)54-50)38-17-8-3-9-18-38/h1-35H/i1D,2D,3D,4D,5D,6D,7D,8D,9D,10D,11D,12D,13D,14D,15D,16D,17D,18D,19D,20D,21D,22D,23D,24D,25D,26D,27D,28D,29D,30D,31D,32D,33D,34D,35D. The van der Waals surface area contributed by atoms with E-state index in [0.29, 0.717) is 0 Å². The fourth-order valence-corrected chi connectivity index (χ4v) is 5.52. The molecular weight excluding hydrogens is 655 g/mol. The minimum atomic E-state index is -1.39. The first-order valence-electron chi connectivity index (χ1n) is 33.1. The van der Waals surface area contributed by atoms with Gasteiger partial charge >= 0.3 is 0 Å². The lowest BCUT2D eigenvalue weighted by atomic mass is 9.89. The van der Waals surface area contributed by atoms with Crippen molar-refractivity contribution in [2.45, 2.75) is 0 Å². The molecule has 2 nitrogen and oxygen atoms in total. The Balaban J connectivity index is 1.50. The SMILES string of the molecule is [2H]c1c([2H])c([2H])c(-c2c([2H])c([2H])c(N(c3c([2H])c([2H])c(-c4c([2H])c([2H])c([2H])c([2H])c4[2H])c([2H])c3[2H])c3c([2H])c([2H])c([2H])c4c3-c3c(c([2H])c5c([2H])c([2H])c([2H])c([2H])c5c3[2H])-c3c([2H])c([2H])c(-c5c([2H])c([2H])c([2H])c([2H])c5[2H])c([2H])c3O4)c([2H])c2[2H])c([2H])c1[2H]. The van der Waals surface area contributed by atoms with Crippen molar-refractivity contribution in [1.82, 2.24) is 0 Å². The molecule has 0 aliphatic carbocycles. The number of nitrogens with zero attached hydrogens (tertiary/aromatic N) is 1. The second-order valence-corrected chi connectivity index (χ2v) is 11.0. The number of hydrogen-bond donors (Lipinski definition) is 0. The van der Waals surface area contributed by atoms with Crippen LogP contribution < -0.4 is 9.64 Å². The van der Waals surface area contributed by atoms with E-state index in [1.807, 2.05) is 0 Å². The van der Waals surface area contributed by atoms with Gasteiger partial charge in [-0.25, -0.2) is 0 Å². The van der Waals surface area contributed by atoms with Crippen LogP contribution in [-0.4, -0.2) is 0 Å². The minimum Gasteiger partial charge on any atom is -0.456 e. The molecule has 0 radical (unpaired) electrons. The van der Waals surface area contributed by atoms with Crippen LogP contribution in [0, 0.1) is 0 Å². The Morgan fingerprint density at radius 2 is 0.796 bits per heavy atom. The smallest absolute Gasteiger partial charge is 0.137 e. The zero-order valence-corrected chi connectivity index (χ0v) is 26.9. The molecule has 2 heteroatoms. The summed E-state index contributed by atoms with van der Waals surface area (Å²) in [6.07, 6.45) is 0. The van der Waals surface area contributed by atoms with E-state index in [1.165, 1.54) is 0 Å². The molecule has 1 heterocycles. The van der Waals surface area contributed by atoms with Crippen molar-refractivity contribution in [2.24, 2.45) is 0 Å². The van der Waals surface area contributed by atoms with Crippen LogP contribution in [0.3, 0.4) is 0 Å². The molecule has 1 aliphatic rings. The van der Waals surface area contributed by atoms with Crippen molar-refractivity contribution in [3.63, 3.8) is 0 Å². The first-order chi connectivity index (χ1) is 41.4. The molecule has 0 aromatic heterocycles. The Morgan fingerprint density at radius 1 is 0.333 bits per heavy atom. The molecule has 9 aromatic carbocycles. The van der Waals surface area contributed by atoms with Crippen LogP contribution in [0.15, 0.2) is 211 Å². The third-order valence-electron chi connectivity index (χ3n) is 7.88. The molecule has 0 atom stereocenters. The average molecular weight is 725 g/mol. The molecular formula is C52H35NO. The molecule has 0 saturated heterocycles. The maximum absolute atomic E-state index is 10.1. The van der Waals surface area contributed by atoms with Crippen LogP contribution in [0.1, 0.15) is 48.0 Å². The van der Waals surface area contributed by atoms with Crippen LogP contribution in [0.2, 0.25) is 0 Å². The van der Waals surface area contributed by atoms with Crippen molar-refractivity contribution in [2.75, 3.05) is 4.90 Å². The Hall–Kier alpha value is -7.16. The third kappa shape index (κ3) is 5.71. The van der Waals surface area contributed by atoms with Crippen LogP contribution in [0.5, 0.6) is 11.5 Å². The molecule has 0 N–H and O–H groups in total. The molecule has 0 saturated carbocycles. The molecule has 9 aromatic rings. The van der Waals surface area contributed by atoms with Gasteiger partial charge in [-0.3, -0.25) is 0 Å². The average Bonchev–Trinajstić information content (AvgIpc) is 1.69. The van der Waals surface area contributed by atoms with E-state index in [1.54, 1.807) is 0 Å². The lowest BCUT2D eigenvalue weighted by Crippen LogP contribution is -2.11.